The second-order valence-corrected chi connectivity index (χ2v) is 4.98. The molecule has 3 atom stereocenters. The fourth-order valence-corrected chi connectivity index (χ4v) is 2.70. The van der Waals surface area contributed by atoms with Crippen LogP contribution in [0.5, 0.6) is 0 Å². The molecule has 0 bridgehead atoms. The standard InChI is InChI=1S/C11H18O/c1-7-4-9-10(11(9,2)3)5-8(7)6-12/h4,8-10,12H,5-6H2,1-3H3/t8-,9+,10+/m0/s1. The second kappa shape index (κ2) is 2.35. The molecule has 0 aromatic rings. The Morgan fingerprint density at radius 1 is 1.58 bits per heavy atom. The maximum absolute atomic E-state index is 9.13. The Labute approximate surface area is 74.5 Å². The van der Waals surface area contributed by atoms with Crippen LogP contribution in [0.2, 0.25) is 0 Å². The van der Waals surface area contributed by atoms with E-state index in [0.29, 0.717) is 17.9 Å². The molecule has 0 heterocycles. The summed E-state index contributed by atoms with van der Waals surface area (Å²) in [6.45, 7) is 7.17. The Morgan fingerprint density at radius 3 is 2.83 bits per heavy atom. The van der Waals surface area contributed by atoms with Gasteiger partial charge >= 0.3 is 0 Å². The molecule has 2 aliphatic carbocycles. The fourth-order valence-electron chi connectivity index (χ4n) is 2.70. The molecule has 1 fully saturated rings. The molecule has 12 heavy (non-hydrogen) atoms. The SMILES string of the molecule is CC1=C[C@@H]2[C@@H](C[C@H]1CO)C2(C)C. The molecule has 0 unspecified atom stereocenters. The van der Waals surface area contributed by atoms with Gasteiger partial charge < -0.3 is 5.11 Å². The van der Waals surface area contributed by atoms with E-state index in [2.05, 4.69) is 26.8 Å². The highest BCUT2D eigenvalue weighted by molar-refractivity contribution is 5.24. The van der Waals surface area contributed by atoms with Gasteiger partial charge in [-0.05, 0) is 30.6 Å². The molecule has 1 nitrogen and oxygen atoms in total. The maximum Gasteiger partial charge on any atom is 0.0496 e. The minimum atomic E-state index is 0.335. The van der Waals surface area contributed by atoms with Crippen LogP contribution >= 0.6 is 0 Å². The van der Waals surface area contributed by atoms with E-state index < -0.39 is 0 Å². The summed E-state index contributed by atoms with van der Waals surface area (Å²) in [7, 11) is 0. The molecule has 0 aromatic heterocycles. The minimum absolute atomic E-state index is 0.335. The van der Waals surface area contributed by atoms with Crippen molar-refractivity contribution in [2.45, 2.75) is 27.2 Å². The molecule has 0 amide bonds. The predicted octanol–water partition coefficient (Wildman–Crippen LogP) is 2.22. The number of rotatable bonds is 1. The third kappa shape index (κ3) is 0.957. The average Bonchev–Trinajstić information content (AvgIpc) is 2.52. The number of hydrogen-bond donors (Lipinski definition) is 1. The van der Waals surface area contributed by atoms with Crippen LogP contribution in [0.15, 0.2) is 11.6 Å². The smallest absolute Gasteiger partial charge is 0.0496 e. The van der Waals surface area contributed by atoms with Crippen molar-refractivity contribution in [3.63, 3.8) is 0 Å². The van der Waals surface area contributed by atoms with Gasteiger partial charge in [0, 0.05) is 12.5 Å². The summed E-state index contributed by atoms with van der Waals surface area (Å²) in [5, 5.41) is 9.13. The van der Waals surface area contributed by atoms with Crippen LogP contribution in [0.4, 0.5) is 0 Å². The largest absolute Gasteiger partial charge is 0.396 e. The number of aliphatic hydroxyl groups is 1. The van der Waals surface area contributed by atoms with Gasteiger partial charge in [0.1, 0.15) is 0 Å². The van der Waals surface area contributed by atoms with Crippen LogP contribution in [0.25, 0.3) is 0 Å². The average molecular weight is 166 g/mol. The lowest BCUT2D eigenvalue weighted by atomic mass is 9.89. The topological polar surface area (TPSA) is 20.2 Å². The van der Waals surface area contributed by atoms with Crippen LogP contribution < -0.4 is 0 Å². The van der Waals surface area contributed by atoms with Crippen molar-refractivity contribution in [2.24, 2.45) is 23.2 Å². The molecule has 1 heteroatoms. The van der Waals surface area contributed by atoms with E-state index in [1.54, 1.807) is 0 Å². The van der Waals surface area contributed by atoms with Gasteiger partial charge in [0.15, 0.2) is 0 Å². The molecule has 1 N–H and O–H groups in total. The van der Waals surface area contributed by atoms with E-state index in [9.17, 15) is 0 Å². The van der Waals surface area contributed by atoms with Crippen molar-refractivity contribution in [1.82, 2.24) is 0 Å². The van der Waals surface area contributed by atoms with E-state index >= 15 is 0 Å². The first kappa shape index (κ1) is 8.31. The monoisotopic (exact) mass is 166 g/mol. The Morgan fingerprint density at radius 2 is 2.25 bits per heavy atom. The van der Waals surface area contributed by atoms with Gasteiger partial charge in [0.05, 0.1) is 0 Å². The number of fused-ring (bicyclic) bond motifs is 1. The predicted molar refractivity (Wildman–Crippen MR) is 49.7 cm³/mol. The van der Waals surface area contributed by atoms with Crippen LogP contribution in [0.1, 0.15) is 27.2 Å². The summed E-state index contributed by atoms with van der Waals surface area (Å²) < 4.78 is 0. The Bertz CT molecular complexity index is 227. The van der Waals surface area contributed by atoms with Crippen molar-refractivity contribution >= 4 is 0 Å². The Balaban J connectivity index is 2.16. The Kier molecular flexibility index (Phi) is 1.63. The van der Waals surface area contributed by atoms with E-state index in [1.807, 2.05) is 0 Å². The molecule has 2 rings (SSSR count). The van der Waals surface area contributed by atoms with Gasteiger partial charge in [0.2, 0.25) is 0 Å². The van der Waals surface area contributed by atoms with Crippen LogP contribution in [-0.2, 0) is 0 Å². The third-order valence-electron chi connectivity index (χ3n) is 3.98. The van der Waals surface area contributed by atoms with Gasteiger partial charge in [-0.1, -0.05) is 25.5 Å². The molecule has 0 saturated heterocycles. The van der Waals surface area contributed by atoms with Crippen molar-refractivity contribution in [3.8, 4) is 0 Å². The number of hydrogen-bond acceptors (Lipinski definition) is 1. The quantitative estimate of drug-likeness (QED) is 0.592. The van der Waals surface area contributed by atoms with Gasteiger partial charge in [-0.25, -0.2) is 0 Å². The molecular formula is C11H18O. The van der Waals surface area contributed by atoms with Crippen LogP contribution in [-0.4, -0.2) is 11.7 Å². The molecule has 0 radical (unpaired) electrons. The summed E-state index contributed by atoms with van der Waals surface area (Å²) in [6, 6.07) is 0. The molecule has 0 spiro atoms. The lowest BCUT2D eigenvalue weighted by Crippen LogP contribution is -2.12. The van der Waals surface area contributed by atoms with Gasteiger partial charge in [0.25, 0.3) is 0 Å². The molecule has 0 aliphatic heterocycles. The van der Waals surface area contributed by atoms with Gasteiger partial charge in [-0.2, -0.15) is 0 Å². The summed E-state index contributed by atoms with van der Waals surface area (Å²) >= 11 is 0. The highest BCUT2D eigenvalue weighted by Crippen LogP contribution is 2.64. The highest BCUT2D eigenvalue weighted by atomic mass is 16.3. The van der Waals surface area contributed by atoms with Gasteiger partial charge in [-0.15, -0.1) is 0 Å². The maximum atomic E-state index is 9.13. The zero-order valence-corrected chi connectivity index (χ0v) is 8.17. The molecule has 2 aliphatic rings. The lowest BCUT2D eigenvalue weighted by molar-refractivity contribution is 0.227. The summed E-state index contributed by atoms with van der Waals surface area (Å²) in [4.78, 5) is 0. The Hall–Kier alpha value is -0.300. The van der Waals surface area contributed by atoms with Crippen molar-refractivity contribution in [2.75, 3.05) is 6.61 Å². The zero-order chi connectivity index (χ0) is 8.93. The van der Waals surface area contributed by atoms with Crippen molar-refractivity contribution in [3.05, 3.63) is 11.6 Å². The highest BCUT2D eigenvalue weighted by Gasteiger charge is 2.58. The zero-order valence-electron chi connectivity index (χ0n) is 8.17. The first-order valence-corrected chi connectivity index (χ1v) is 4.86. The van der Waals surface area contributed by atoms with Crippen LogP contribution in [0.3, 0.4) is 0 Å². The molecular weight excluding hydrogens is 148 g/mol. The van der Waals surface area contributed by atoms with E-state index in [1.165, 1.54) is 12.0 Å². The van der Waals surface area contributed by atoms with E-state index in [4.69, 9.17) is 5.11 Å². The first-order chi connectivity index (χ1) is 5.57. The lowest BCUT2D eigenvalue weighted by Gasteiger charge is -2.18. The molecule has 1 saturated carbocycles. The number of aliphatic hydroxyl groups excluding tert-OH is 1. The third-order valence-corrected chi connectivity index (χ3v) is 3.98. The van der Waals surface area contributed by atoms with Crippen LogP contribution in [0, 0.1) is 23.2 Å². The second-order valence-electron chi connectivity index (χ2n) is 4.98. The van der Waals surface area contributed by atoms with Crippen molar-refractivity contribution in [1.29, 1.82) is 0 Å². The summed E-state index contributed by atoms with van der Waals surface area (Å²) in [6.07, 6.45) is 3.59. The van der Waals surface area contributed by atoms with Gasteiger partial charge in [-0.3, -0.25) is 0 Å². The number of allylic oxidation sites excluding steroid dienone is 1. The normalized spacial score (nSPS) is 43.3. The molecule has 68 valence electrons. The fraction of sp³-hybridized carbons (Fsp3) is 0.818. The first-order valence-electron chi connectivity index (χ1n) is 4.86. The summed E-state index contributed by atoms with van der Waals surface area (Å²) in [5.74, 6) is 2.10. The summed E-state index contributed by atoms with van der Waals surface area (Å²) in [5.41, 5.74) is 1.93. The molecule has 0 aromatic carbocycles. The van der Waals surface area contributed by atoms with E-state index in [-0.39, 0.29) is 0 Å². The van der Waals surface area contributed by atoms with Crippen molar-refractivity contribution < 1.29 is 5.11 Å². The van der Waals surface area contributed by atoms with E-state index in [0.717, 1.165) is 11.8 Å². The minimum Gasteiger partial charge on any atom is -0.396 e.